The average molecular weight is 1460 g/mol. The number of anilines is 6. The van der Waals surface area contributed by atoms with E-state index >= 15 is 0 Å². The molecular weight excluding hydrogens is 1360 g/mol. The van der Waals surface area contributed by atoms with Gasteiger partial charge in [0, 0.05) is 61.5 Å². The number of hydrogen-bond acceptors (Lipinski definition) is 2. The van der Waals surface area contributed by atoms with Crippen LogP contribution in [0.15, 0.2) is 388 Å². The molecule has 17 aromatic carbocycles. The first-order chi connectivity index (χ1) is 60.8. The van der Waals surface area contributed by atoms with Gasteiger partial charge in [0.05, 0.1) is 45.6 Å². The predicted molar refractivity (Wildman–Crippen MR) is 480 cm³/mol. The number of rotatable bonds is 11. The van der Waals surface area contributed by atoms with Crippen molar-refractivity contribution in [1.82, 2.24) is 4.57 Å². The SMILES string of the molecule is [2H]c1c([2H])c([2H])c(-c2cc3c4c(c2)N(c2c(-c5ccccc5)cc(C(C)(C)C)cc2-c2ccccc2)c2cc(-n5c6c([2H])c([2H])c([2H])c([2H])c6c6c([2H])c([2H])c([2H])c([2H])c65)ccc2B4c2ccc(-c4cccc5c4C(c4ccccc4)(c4cccc6ccccc46)c4ccccc4-5)cc2N3c2c(-c3ccccc3)cc(C(C)(C)C)cc2-c2ccccc2)c([2H])c1[2H]. The minimum atomic E-state index is -0.921. The summed E-state index contributed by atoms with van der Waals surface area (Å²) in [5.41, 5.74) is 22.6. The summed E-state index contributed by atoms with van der Waals surface area (Å²) < 4.78 is 127. The van der Waals surface area contributed by atoms with Crippen molar-refractivity contribution < 1.29 is 17.8 Å². The molecule has 0 radical (unpaired) electrons. The summed E-state index contributed by atoms with van der Waals surface area (Å²) >= 11 is 0. The second kappa shape index (κ2) is 26.3. The van der Waals surface area contributed by atoms with Crippen LogP contribution in [0.2, 0.25) is 0 Å². The number of aromatic nitrogens is 1. The van der Waals surface area contributed by atoms with Gasteiger partial charge in [-0.05, 0) is 194 Å². The van der Waals surface area contributed by atoms with E-state index in [1.807, 2.05) is 72.8 Å². The molecule has 1 aliphatic carbocycles. The molecule has 21 rings (SSSR count). The highest BCUT2D eigenvalue weighted by Crippen LogP contribution is 2.62. The Bertz CT molecular complexity index is 7420. The number of benzene rings is 17. The number of para-hydroxylation sites is 2. The Balaban J connectivity index is 0.983. The van der Waals surface area contributed by atoms with Gasteiger partial charge in [-0.1, -0.05) is 363 Å². The van der Waals surface area contributed by atoms with E-state index in [1.165, 1.54) is 0 Å². The lowest BCUT2D eigenvalue weighted by atomic mass is 9.33. The molecule has 0 saturated carbocycles. The van der Waals surface area contributed by atoms with Gasteiger partial charge in [0.2, 0.25) is 0 Å². The van der Waals surface area contributed by atoms with Crippen LogP contribution in [0, 0.1) is 0 Å². The van der Waals surface area contributed by atoms with Gasteiger partial charge in [-0.25, -0.2) is 0 Å². The molecule has 0 amide bonds. The van der Waals surface area contributed by atoms with Crippen molar-refractivity contribution in [2.75, 3.05) is 9.80 Å². The van der Waals surface area contributed by atoms with Gasteiger partial charge in [-0.2, -0.15) is 0 Å². The summed E-state index contributed by atoms with van der Waals surface area (Å²) in [7, 11) is 0. The molecule has 0 bridgehead atoms. The molecule has 2 aliphatic heterocycles. The molecule has 0 spiro atoms. The number of hydrogen-bond donors (Lipinski definition) is 0. The monoisotopic (exact) mass is 1460 g/mol. The standard InChI is InChI=1S/C109H82BN3/c1-107(2,3)80-66-89(73-37-15-8-16-38-73)105(90(67-80)74-39-17-9-18-40-74)112-99-63-77(84-53-34-54-88-85-50-27-30-55-94(85)109(103(84)88,79-47-23-12-24-48-79)93-56-33-46-72-45-25-26-49-83(72)93)59-61-95(99)110-96-62-60-82(111-97-57-31-28-51-86(97)87-52-29-32-58-98(87)111)70-100(96)113(102-65-78(64-101(112)104(102)110)71-35-13-7-14-36-71)106-91(75-41-19-10-20-42-75)68-81(108(4,5)6)69-92(106)76-43-21-11-22-44-76/h7-70H,1-6H3/i7D,13D,14D,28D,29D,31D,32D,35D,36D,51D,52D,57D,58D. The van der Waals surface area contributed by atoms with E-state index in [0.717, 1.165) is 139 Å². The third-order valence-electron chi connectivity index (χ3n) is 23.6. The molecule has 113 heavy (non-hydrogen) atoms. The lowest BCUT2D eigenvalue weighted by Gasteiger charge is -2.46. The fourth-order valence-corrected chi connectivity index (χ4v) is 18.5. The second-order valence-electron chi connectivity index (χ2n) is 32.1. The molecule has 536 valence electrons. The van der Waals surface area contributed by atoms with E-state index in [0.29, 0.717) is 34.0 Å². The third-order valence-corrected chi connectivity index (χ3v) is 23.6. The van der Waals surface area contributed by atoms with Crippen molar-refractivity contribution in [2.45, 2.75) is 57.8 Å². The van der Waals surface area contributed by atoms with Crippen LogP contribution < -0.4 is 26.2 Å². The van der Waals surface area contributed by atoms with Crippen LogP contribution >= 0.6 is 0 Å². The largest absolute Gasteiger partial charge is 0.310 e. The van der Waals surface area contributed by atoms with Crippen LogP contribution in [0.25, 0.3) is 116 Å². The first kappa shape index (κ1) is 55.0. The molecule has 1 aromatic heterocycles. The number of fused-ring (bicyclic) bond motifs is 11. The fraction of sp³-hybridized carbons (Fsp3) is 0.0826. The smallest absolute Gasteiger partial charge is 0.252 e. The molecule has 4 heteroatoms. The Morgan fingerprint density at radius 3 is 1.27 bits per heavy atom. The maximum absolute atomic E-state index is 10.3. The Morgan fingerprint density at radius 1 is 0.301 bits per heavy atom. The molecule has 1 atom stereocenters. The van der Waals surface area contributed by atoms with Crippen molar-refractivity contribution in [3.8, 4) is 83.6 Å². The molecule has 0 fully saturated rings. The summed E-state index contributed by atoms with van der Waals surface area (Å²) in [6.45, 7) is 12.5. The first-order valence-electron chi connectivity index (χ1n) is 45.3. The molecule has 0 saturated heterocycles. The maximum Gasteiger partial charge on any atom is 0.252 e. The summed E-state index contributed by atoms with van der Waals surface area (Å²) in [6, 6.07) is 103. The zero-order valence-electron chi connectivity index (χ0n) is 76.4. The zero-order chi connectivity index (χ0) is 87.2. The molecule has 3 aliphatic rings. The van der Waals surface area contributed by atoms with E-state index < -0.39 is 102 Å². The summed E-state index contributed by atoms with van der Waals surface area (Å²) in [5, 5.41) is 2.06. The second-order valence-corrected chi connectivity index (χ2v) is 32.1. The highest BCUT2D eigenvalue weighted by atomic mass is 15.2. The van der Waals surface area contributed by atoms with E-state index in [4.69, 9.17) is 0 Å². The van der Waals surface area contributed by atoms with Gasteiger partial charge in [-0.3, -0.25) is 0 Å². The zero-order valence-corrected chi connectivity index (χ0v) is 63.4. The Labute approximate surface area is 681 Å². The summed E-state index contributed by atoms with van der Waals surface area (Å²) in [6.07, 6.45) is 0. The van der Waals surface area contributed by atoms with Crippen molar-refractivity contribution in [3.05, 3.63) is 421 Å². The average Bonchev–Trinajstić information content (AvgIpc) is 1.23. The Kier molecular flexibility index (Phi) is 12.8. The van der Waals surface area contributed by atoms with Crippen LogP contribution in [0.3, 0.4) is 0 Å². The van der Waals surface area contributed by atoms with Crippen LogP contribution in [0.4, 0.5) is 34.1 Å². The lowest BCUT2D eigenvalue weighted by molar-refractivity contribution is 0.590. The molecule has 3 nitrogen and oxygen atoms in total. The van der Waals surface area contributed by atoms with Crippen molar-refractivity contribution in [3.63, 3.8) is 0 Å². The van der Waals surface area contributed by atoms with E-state index in [2.05, 4.69) is 288 Å². The van der Waals surface area contributed by atoms with Gasteiger partial charge in [0.1, 0.15) is 0 Å². The van der Waals surface area contributed by atoms with Crippen molar-refractivity contribution in [1.29, 1.82) is 0 Å². The van der Waals surface area contributed by atoms with Crippen LogP contribution in [-0.4, -0.2) is 11.3 Å². The highest BCUT2D eigenvalue weighted by molar-refractivity contribution is 7.00. The van der Waals surface area contributed by atoms with Gasteiger partial charge in [0.25, 0.3) is 6.71 Å². The predicted octanol–water partition coefficient (Wildman–Crippen LogP) is 27.0. The van der Waals surface area contributed by atoms with Gasteiger partial charge < -0.3 is 14.4 Å². The number of nitrogens with zero attached hydrogens (tertiary/aromatic N) is 3. The highest BCUT2D eigenvalue weighted by Gasteiger charge is 2.50. The molecule has 3 heterocycles. The minimum Gasteiger partial charge on any atom is -0.310 e. The maximum atomic E-state index is 10.3. The van der Waals surface area contributed by atoms with E-state index in [1.54, 1.807) is 4.57 Å². The topological polar surface area (TPSA) is 11.4 Å². The van der Waals surface area contributed by atoms with Gasteiger partial charge >= 0.3 is 0 Å². The van der Waals surface area contributed by atoms with Crippen molar-refractivity contribution >= 4 is 89.8 Å². The van der Waals surface area contributed by atoms with Gasteiger partial charge in [-0.15, -0.1) is 0 Å². The molecular formula is C109H82BN3. The Hall–Kier alpha value is -13.5. The Morgan fingerprint density at radius 2 is 0.726 bits per heavy atom. The third kappa shape index (κ3) is 10.7. The first-order valence-corrected chi connectivity index (χ1v) is 38.8. The molecule has 1 unspecified atom stereocenters. The quantitative estimate of drug-likeness (QED) is 0.120. The van der Waals surface area contributed by atoms with Crippen LogP contribution in [0.5, 0.6) is 0 Å². The summed E-state index contributed by atoms with van der Waals surface area (Å²) in [4.78, 5) is 4.66. The normalized spacial score (nSPS) is 15.7. The summed E-state index contributed by atoms with van der Waals surface area (Å²) in [5.74, 6) is 0. The lowest BCUT2D eigenvalue weighted by Crippen LogP contribution is -2.61. The van der Waals surface area contributed by atoms with E-state index in [9.17, 15) is 17.8 Å². The van der Waals surface area contributed by atoms with Crippen LogP contribution in [0.1, 0.15) is 92.7 Å². The molecule has 0 N–H and O–H groups in total. The van der Waals surface area contributed by atoms with Gasteiger partial charge in [0.15, 0.2) is 0 Å². The fourth-order valence-electron chi connectivity index (χ4n) is 18.5. The van der Waals surface area contributed by atoms with E-state index in [-0.39, 0.29) is 27.4 Å². The van der Waals surface area contributed by atoms with Crippen molar-refractivity contribution in [2.24, 2.45) is 0 Å². The minimum absolute atomic E-state index is 0.0430. The van der Waals surface area contributed by atoms with Crippen LogP contribution in [-0.2, 0) is 16.2 Å². The molecule has 18 aromatic rings.